The third-order valence-electron chi connectivity index (χ3n) is 5.38. The van der Waals surface area contributed by atoms with Crippen molar-refractivity contribution in [1.82, 2.24) is 0 Å². The zero-order valence-corrected chi connectivity index (χ0v) is 15.5. The molecule has 1 fully saturated rings. The minimum Gasteiger partial charge on any atom is -0.426 e. The highest BCUT2D eigenvalue weighted by Crippen LogP contribution is 2.34. The van der Waals surface area contributed by atoms with E-state index in [9.17, 15) is 18.0 Å². The first-order chi connectivity index (χ1) is 12.5. The number of halogens is 3. The summed E-state index contributed by atoms with van der Waals surface area (Å²) in [5, 5.41) is 0. The normalized spacial score (nSPS) is 20.2. The van der Waals surface area contributed by atoms with E-state index in [2.05, 4.69) is 6.92 Å². The molecule has 1 aliphatic carbocycles. The zero-order valence-electron chi connectivity index (χ0n) is 15.5. The van der Waals surface area contributed by atoms with Crippen LogP contribution in [0.15, 0.2) is 12.1 Å². The van der Waals surface area contributed by atoms with Crippen molar-refractivity contribution in [3.05, 3.63) is 29.6 Å². The molecule has 0 heterocycles. The second-order valence-corrected chi connectivity index (χ2v) is 7.45. The summed E-state index contributed by atoms with van der Waals surface area (Å²) in [7, 11) is 0. The third-order valence-corrected chi connectivity index (χ3v) is 5.38. The van der Waals surface area contributed by atoms with Crippen LogP contribution in [-0.4, -0.2) is 5.97 Å². The van der Waals surface area contributed by atoms with Gasteiger partial charge in [0.2, 0.25) is 0 Å². The maximum absolute atomic E-state index is 13.1. The standard InChI is InChI=1S/C21H29F3O2/c1-2-3-4-5-6-15-7-9-16(10-8-15)11-12-20(25)26-17-13-18(22)21(24)19(23)14-17/h13-16H,2-12H2,1H3/t15-,16-. The Hall–Kier alpha value is -1.52. The summed E-state index contributed by atoms with van der Waals surface area (Å²) in [6.07, 6.45) is 12.2. The van der Waals surface area contributed by atoms with Crippen LogP contribution in [0.5, 0.6) is 5.75 Å². The summed E-state index contributed by atoms with van der Waals surface area (Å²) in [6, 6.07) is 1.39. The van der Waals surface area contributed by atoms with Crippen LogP contribution >= 0.6 is 0 Å². The van der Waals surface area contributed by atoms with Crippen molar-refractivity contribution in [2.75, 3.05) is 0 Å². The lowest BCUT2D eigenvalue weighted by Crippen LogP contribution is -2.17. The minimum absolute atomic E-state index is 0.215. The summed E-state index contributed by atoms with van der Waals surface area (Å²) in [5.74, 6) is -3.76. The molecule has 1 aromatic carbocycles. The highest BCUT2D eigenvalue weighted by atomic mass is 19.2. The van der Waals surface area contributed by atoms with Gasteiger partial charge in [0.15, 0.2) is 17.5 Å². The van der Waals surface area contributed by atoms with Crippen LogP contribution in [0.1, 0.15) is 77.6 Å². The number of hydrogen-bond acceptors (Lipinski definition) is 2. The number of carbonyl (C=O) groups is 1. The predicted molar refractivity (Wildman–Crippen MR) is 95.4 cm³/mol. The summed E-state index contributed by atoms with van der Waals surface area (Å²) >= 11 is 0. The van der Waals surface area contributed by atoms with Crippen LogP contribution in [0.2, 0.25) is 0 Å². The smallest absolute Gasteiger partial charge is 0.311 e. The van der Waals surface area contributed by atoms with Crippen LogP contribution in [0.25, 0.3) is 0 Å². The average Bonchev–Trinajstić information content (AvgIpc) is 2.62. The van der Waals surface area contributed by atoms with Crippen molar-refractivity contribution in [1.29, 1.82) is 0 Å². The molecule has 0 amide bonds. The first-order valence-electron chi connectivity index (χ1n) is 9.84. The van der Waals surface area contributed by atoms with Crippen LogP contribution in [0, 0.1) is 29.3 Å². The second kappa shape index (κ2) is 10.6. The topological polar surface area (TPSA) is 26.3 Å². The SMILES string of the molecule is CCCCCC[C@H]1CC[C@H](CCC(=O)Oc2cc(F)c(F)c(F)c2)CC1. The van der Waals surface area contributed by atoms with Gasteiger partial charge in [-0.3, -0.25) is 4.79 Å². The van der Waals surface area contributed by atoms with E-state index in [1.807, 2.05) is 0 Å². The molecule has 0 aromatic heterocycles. The number of unbranched alkanes of at least 4 members (excludes halogenated alkanes) is 3. The molecule has 1 aromatic rings. The Morgan fingerprint density at radius 3 is 2.12 bits per heavy atom. The fraction of sp³-hybridized carbons (Fsp3) is 0.667. The van der Waals surface area contributed by atoms with E-state index in [1.165, 1.54) is 44.9 Å². The third kappa shape index (κ3) is 6.65. The molecule has 0 aliphatic heterocycles. The number of hydrogen-bond donors (Lipinski definition) is 0. The Morgan fingerprint density at radius 2 is 1.54 bits per heavy atom. The average molecular weight is 370 g/mol. The number of carbonyl (C=O) groups excluding carboxylic acids is 1. The lowest BCUT2D eigenvalue weighted by atomic mass is 9.78. The van der Waals surface area contributed by atoms with Gasteiger partial charge in [-0.15, -0.1) is 0 Å². The van der Waals surface area contributed by atoms with E-state index < -0.39 is 23.4 Å². The lowest BCUT2D eigenvalue weighted by molar-refractivity contribution is -0.134. The van der Waals surface area contributed by atoms with Gasteiger partial charge in [0, 0.05) is 18.6 Å². The van der Waals surface area contributed by atoms with Gasteiger partial charge in [0.25, 0.3) is 0 Å². The fourth-order valence-corrected chi connectivity index (χ4v) is 3.76. The largest absolute Gasteiger partial charge is 0.426 e. The van der Waals surface area contributed by atoms with Gasteiger partial charge >= 0.3 is 5.97 Å². The van der Waals surface area contributed by atoms with E-state index >= 15 is 0 Å². The maximum Gasteiger partial charge on any atom is 0.311 e. The molecule has 2 rings (SSSR count). The van der Waals surface area contributed by atoms with Gasteiger partial charge < -0.3 is 4.74 Å². The van der Waals surface area contributed by atoms with Gasteiger partial charge in [0.05, 0.1) is 0 Å². The Labute approximate surface area is 154 Å². The molecular formula is C21H29F3O2. The fourth-order valence-electron chi connectivity index (χ4n) is 3.76. The number of esters is 1. The van der Waals surface area contributed by atoms with Crippen molar-refractivity contribution in [3.8, 4) is 5.75 Å². The molecule has 1 saturated carbocycles. The molecule has 1 aliphatic rings. The lowest BCUT2D eigenvalue weighted by Gasteiger charge is -2.28. The van der Waals surface area contributed by atoms with Crippen molar-refractivity contribution in [2.24, 2.45) is 11.8 Å². The van der Waals surface area contributed by atoms with Gasteiger partial charge in [-0.25, -0.2) is 13.2 Å². The van der Waals surface area contributed by atoms with Gasteiger partial charge in [0.1, 0.15) is 5.75 Å². The quantitative estimate of drug-likeness (QED) is 0.213. The highest BCUT2D eigenvalue weighted by Gasteiger charge is 2.22. The van der Waals surface area contributed by atoms with Gasteiger partial charge in [-0.2, -0.15) is 0 Å². The molecule has 2 nitrogen and oxygen atoms in total. The van der Waals surface area contributed by atoms with Crippen LogP contribution < -0.4 is 4.74 Å². The Bertz CT molecular complexity index is 558. The molecular weight excluding hydrogens is 341 g/mol. The summed E-state index contributed by atoms with van der Waals surface area (Å²) < 4.78 is 44.1. The van der Waals surface area contributed by atoms with Crippen molar-refractivity contribution in [2.45, 2.75) is 77.6 Å². The van der Waals surface area contributed by atoms with Crippen LogP contribution in [0.3, 0.4) is 0 Å². The predicted octanol–water partition coefficient (Wildman–Crippen LogP) is 6.57. The van der Waals surface area contributed by atoms with E-state index in [4.69, 9.17) is 4.74 Å². The van der Waals surface area contributed by atoms with E-state index in [-0.39, 0.29) is 12.2 Å². The Morgan fingerprint density at radius 1 is 0.962 bits per heavy atom. The second-order valence-electron chi connectivity index (χ2n) is 7.45. The first kappa shape index (κ1) is 20.8. The summed E-state index contributed by atoms with van der Waals surface area (Å²) in [5.41, 5.74) is 0. The van der Waals surface area contributed by atoms with Crippen molar-refractivity contribution >= 4 is 5.97 Å². The molecule has 146 valence electrons. The number of ether oxygens (including phenoxy) is 1. The molecule has 0 saturated heterocycles. The van der Waals surface area contributed by atoms with E-state index in [0.717, 1.165) is 25.2 Å². The van der Waals surface area contributed by atoms with Gasteiger partial charge in [-0.05, 0) is 18.3 Å². The summed E-state index contributed by atoms with van der Waals surface area (Å²) in [4.78, 5) is 11.9. The molecule has 0 radical (unpaired) electrons. The number of benzene rings is 1. The Balaban J connectivity index is 1.66. The monoisotopic (exact) mass is 370 g/mol. The van der Waals surface area contributed by atoms with Crippen LogP contribution in [-0.2, 0) is 4.79 Å². The highest BCUT2D eigenvalue weighted by molar-refractivity contribution is 5.72. The zero-order chi connectivity index (χ0) is 18.9. The molecule has 0 N–H and O–H groups in total. The number of rotatable bonds is 9. The van der Waals surface area contributed by atoms with Crippen molar-refractivity contribution < 1.29 is 22.7 Å². The minimum atomic E-state index is -1.56. The van der Waals surface area contributed by atoms with Crippen LogP contribution in [0.4, 0.5) is 13.2 Å². The van der Waals surface area contributed by atoms with Gasteiger partial charge in [-0.1, -0.05) is 64.7 Å². The molecule has 26 heavy (non-hydrogen) atoms. The van der Waals surface area contributed by atoms with Crippen molar-refractivity contribution in [3.63, 3.8) is 0 Å². The van der Waals surface area contributed by atoms with E-state index in [1.54, 1.807) is 0 Å². The summed E-state index contributed by atoms with van der Waals surface area (Å²) in [6.45, 7) is 2.22. The molecule has 0 unspecified atom stereocenters. The van der Waals surface area contributed by atoms with E-state index in [0.29, 0.717) is 18.1 Å². The molecule has 0 bridgehead atoms. The first-order valence-corrected chi connectivity index (χ1v) is 9.84. The Kier molecular flexibility index (Phi) is 8.46. The molecule has 0 spiro atoms. The maximum atomic E-state index is 13.1. The molecule has 5 heteroatoms. The molecule has 0 atom stereocenters.